The van der Waals surface area contributed by atoms with Crippen molar-refractivity contribution in [1.29, 1.82) is 0 Å². The number of rotatable bonds is 5. The molecule has 0 bridgehead atoms. The van der Waals surface area contributed by atoms with E-state index in [0.717, 1.165) is 21.9 Å². The number of hydrogen-bond acceptors (Lipinski definition) is 5. The van der Waals surface area contributed by atoms with Crippen LogP contribution in [0, 0.1) is 12.7 Å². The van der Waals surface area contributed by atoms with Gasteiger partial charge in [0.1, 0.15) is 5.82 Å². The molecule has 1 aromatic carbocycles. The molecule has 3 heterocycles. The Kier molecular flexibility index (Phi) is 4.50. The molecule has 4 rings (SSSR count). The van der Waals surface area contributed by atoms with Gasteiger partial charge in [0.25, 0.3) is 0 Å². The molecule has 3 aromatic heterocycles. The van der Waals surface area contributed by atoms with E-state index in [1.54, 1.807) is 29.8 Å². The van der Waals surface area contributed by atoms with Gasteiger partial charge in [0.05, 0.1) is 17.3 Å². The number of thiophene rings is 1. The van der Waals surface area contributed by atoms with Crippen LogP contribution in [0.25, 0.3) is 21.1 Å². The normalized spacial score (nSPS) is 10.8. The van der Waals surface area contributed by atoms with E-state index in [1.807, 2.05) is 18.2 Å². The van der Waals surface area contributed by atoms with E-state index in [-0.39, 0.29) is 5.82 Å². The van der Waals surface area contributed by atoms with Crippen LogP contribution in [-0.4, -0.2) is 10.1 Å². The number of anilines is 1. The van der Waals surface area contributed by atoms with Crippen LogP contribution in [0.4, 0.5) is 10.1 Å². The quantitative estimate of drug-likeness (QED) is 0.505. The van der Waals surface area contributed by atoms with Crippen LogP contribution in [0.15, 0.2) is 65.6 Å². The summed E-state index contributed by atoms with van der Waals surface area (Å²) in [6.45, 7) is 2.51. The van der Waals surface area contributed by atoms with Crippen molar-refractivity contribution in [3.05, 3.63) is 78.0 Å². The van der Waals surface area contributed by atoms with E-state index < -0.39 is 0 Å². The van der Waals surface area contributed by atoms with Gasteiger partial charge in [0.15, 0.2) is 5.76 Å². The Labute approximate surface area is 154 Å². The zero-order valence-electron chi connectivity index (χ0n) is 14.1. The highest BCUT2D eigenvalue weighted by Crippen LogP contribution is 2.38. The average Bonchev–Trinajstić information content (AvgIpc) is 3.31. The van der Waals surface area contributed by atoms with Crippen molar-refractivity contribution in [3.8, 4) is 21.1 Å². The summed E-state index contributed by atoms with van der Waals surface area (Å²) in [6.07, 6.45) is 4.47. The Morgan fingerprint density at radius 1 is 1.12 bits per heavy atom. The fourth-order valence-corrected chi connectivity index (χ4v) is 3.85. The van der Waals surface area contributed by atoms with Gasteiger partial charge < -0.3 is 9.84 Å². The molecule has 0 unspecified atom stereocenters. The van der Waals surface area contributed by atoms with E-state index >= 15 is 0 Å². The highest BCUT2D eigenvalue weighted by molar-refractivity contribution is 7.19. The number of pyridine rings is 1. The fourth-order valence-electron chi connectivity index (χ4n) is 2.72. The second-order valence-corrected chi connectivity index (χ2v) is 6.95. The van der Waals surface area contributed by atoms with Gasteiger partial charge in [0.2, 0.25) is 0 Å². The third-order valence-electron chi connectivity index (χ3n) is 4.08. The molecular weight excluding hydrogens is 349 g/mol. The maximum Gasteiger partial charge on any atom is 0.176 e. The number of nitrogens with zero attached hydrogens (tertiary/aromatic N) is 2. The van der Waals surface area contributed by atoms with Crippen LogP contribution in [-0.2, 0) is 6.54 Å². The summed E-state index contributed by atoms with van der Waals surface area (Å²) in [4.78, 5) is 6.02. The molecule has 0 aliphatic rings. The molecule has 0 saturated carbocycles. The minimum absolute atomic E-state index is 0.300. The van der Waals surface area contributed by atoms with Gasteiger partial charge in [0, 0.05) is 34.9 Å². The molecule has 6 heteroatoms. The first-order valence-electron chi connectivity index (χ1n) is 8.15. The van der Waals surface area contributed by atoms with Gasteiger partial charge in [-0.25, -0.2) is 4.39 Å². The topological polar surface area (TPSA) is 51.0 Å². The minimum atomic E-state index is -0.300. The standard InChI is InChI=1S/C20H16FN3OS/c1-13-10-19(18-7-9-24-25-18)26-20(13)14-2-4-16(5-3-14)23-11-15-6-8-22-12-17(15)21/h2-10,12,23H,11H2,1H3. The van der Waals surface area contributed by atoms with E-state index in [1.165, 1.54) is 16.6 Å². The average molecular weight is 365 g/mol. The Morgan fingerprint density at radius 2 is 1.96 bits per heavy atom. The highest BCUT2D eigenvalue weighted by Gasteiger charge is 2.12. The third-order valence-corrected chi connectivity index (χ3v) is 5.39. The first-order valence-corrected chi connectivity index (χ1v) is 8.96. The molecule has 4 aromatic rings. The second kappa shape index (κ2) is 7.09. The molecule has 0 aliphatic heterocycles. The van der Waals surface area contributed by atoms with Crippen molar-refractivity contribution < 1.29 is 8.91 Å². The number of nitrogens with one attached hydrogen (secondary N) is 1. The fraction of sp³-hybridized carbons (Fsp3) is 0.100. The molecule has 1 N–H and O–H groups in total. The number of halogens is 1. The smallest absolute Gasteiger partial charge is 0.176 e. The van der Waals surface area contributed by atoms with Crippen LogP contribution >= 0.6 is 11.3 Å². The Bertz CT molecular complexity index is 1010. The number of aromatic nitrogens is 2. The third kappa shape index (κ3) is 3.36. The molecule has 0 spiro atoms. The Hall–Kier alpha value is -2.99. The molecule has 0 amide bonds. The zero-order chi connectivity index (χ0) is 17.9. The van der Waals surface area contributed by atoms with Crippen LogP contribution in [0.3, 0.4) is 0 Å². The lowest BCUT2D eigenvalue weighted by Crippen LogP contribution is -2.01. The summed E-state index contributed by atoms with van der Waals surface area (Å²) < 4.78 is 18.9. The molecule has 130 valence electrons. The van der Waals surface area contributed by atoms with Crippen molar-refractivity contribution in [2.75, 3.05) is 5.32 Å². The maximum atomic E-state index is 13.6. The second-order valence-electron chi connectivity index (χ2n) is 5.90. The number of aryl methyl sites for hydroxylation is 1. The van der Waals surface area contributed by atoms with Crippen molar-refractivity contribution in [1.82, 2.24) is 10.1 Å². The summed E-state index contributed by atoms with van der Waals surface area (Å²) in [5.41, 5.74) is 3.87. The van der Waals surface area contributed by atoms with Crippen LogP contribution in [0.2, 0.25) is 0 Å². The summed E-state index contributed by atoms with van der Waals surface area (Å²) >= 11 is 1.68. The lowest BCUT2D eigenvalue weighted by Gasteiger charge is -2.08. The molecule has 0 radical (unpaired) electrons. The van der Waals surface area contributed by atoms with Crippen LogP contribution in [0.5, 0.6) is 0 Å². The van der Waals surface area contributed by atoms with Gasteiger partial charge in [-0.1, -0.05) is 17.3 Å². The van der Waals surface area contributed by atoms with Gasteiger partial charge in [-0.05, 0) is 42.3 Å². The molecular formula is C20H16FN3OS. The summed E-state index contributed by atoms with van der Waals surface area (Å²) in [5, 5.41) is 7.00. The molecule has 0 saturated heterocycles. The van der Waals surface area contributed by atoms with Gasteiger partial charge in [-0.15, -0.1) is 11.3 Å². The Morgan fingerprint density at radius 3 is 2.69 bits per heavy atom. The van der Waals surface area contributed by atoms with Crippen molar-refractivity contribution in [2.24, 2.45) is 0 Å². The SMILES string of the molecule is Cc1cc(-c2ccno2)sc1-c1ccc(NCc2ccncc2F)cc1. The first-order chi connectivity index (χ1) is 12.7. The summed E-state index contributed by atoms with van der Waals surface area (Å²) in [7, 11) is 0. The van der Waals surface area contributed by atoms with Gasteiger partial charge in [-0.3, -0.25) is 4.98 Å². The minimum Gasteiger partial charge on any atom is -0.381 e. The Balaban J connectivity index is 1.50. The van der Waals surface area contributed by atoms with Crippen molar-refractivity contribution in [2.45, 2.75) is 13.5 Å². The molecule has 0 fully saturated rings. The highest BCUT2D eigenvalue weighted by atomic mass is 32.1. The largest absolute Gasteiger partial charge is 0.381 e. The van der Waals surface area contributed by atoms with Gasteiger partial charge >= 0.3 is 0 Å². The predicted molar refractivity (Wildman–Crippen MR) is 102 cm³/mol. The number of benzene rings is 1. The first kappa shape index (κ1) is 16.5. The van der Waals surface area contributed by atoms with E-state index in [2.05, 4.69) is 40.6 Å². The van der Waals surface area contributed by atoms with Crippen LogP contribution in [0.1, 0.15) is 11.1 Å². The molecule has 0 atom stereocenters. The predicted octanol–water partition coefficient (Wildman–Crippen LogP) is 5.52. The zero-order valence-corrected chi connectivity index (χ0v) is 14.9. The van der Waals surface area contributed by atoms with E-state index in [4.69, 9.17) is 4.52 Å². The van der Waals surface area contributed by atoms with Crippen molar-refractivity contribution >= 4 is 17.0 Å². The van der Waals surface area contributed by atoms with Gasteiger partial charge in [-0.2, -0.15) is 0 Å². The summed E-state index contributed by atoms with van der Waals surface area (Å²) in [5.74, 6) is 0.479. The lowest BCUT2D eigenvalue weighted by molar-refractivity contribution is 0.433. The monoisotopic (exact) mass is 365 g/mol. The van der Waals surface area contributed by atoms with Crippen molar-refractivity contribution in [3.63, 3.8) is 0 Å². The summed E-state index contributed by atoms with van der Waals surface area (Å²) in [6, 6.07) is 13.8. The van der Waals surface area contributed by atoms with Crippen LogP contribution < -0.4 is 5.32 Å². The maximum absolute atomic E-state index is 13.6. The molecule has 0 aliphatic carbocycles. The van der Waals surface area contributed by atoms with E-state index in [0.29, 0.717) is 12.1 Å². The van der Waals surface area contributed by atoms with E-state index in [9.17, 15) is 4.39 Å². The number of hydrogen-bond donors (Lipinski definition) is 1. The molecule has 26 heavy (non-hydrogen) atoms. The lowest BCUT2D eigenvalue weighted by atomic mass is 10.1. The molecule has 4 nitrogen and oxygen atoms in total.